The first-order valence-electron chi connectivity index (χ1n) is 7.09. The Morgan fingerprint density at radius 3 is 2.55 bits per heavy atom. The Morgan fingerprint density at radius 1 is 1.15 bits per heavy atom. The summed E-state index contributed by atoms with van der Waals surface area (Å²) in [5.41, 5.74) is 7.92. The van der Waals surface area contributed by atoms with Crippen molar-refractivity contribution in [3.05, 3.63) is 47.9 Å². The van der Waals surface area contributed by atoms with Gasteiger partial charge in [0.1, 0.15) is 11.6 Å². The first-order chi connectivity index (χ1) is 9.69. The molecule has 2 N–H and O–H groups in total. The van der Waals surface area contributed by atoms with Crippen LogP contribution in [0.2, 0.25) is 0 Å². The summed E-state index contributed by atoms with van der Waals surface area (Å²) in [6.45, 7) is 5.83. The maximum absolute atomic E-state index is 5.80. The van der Waals surface area contributed by atoms with Gasteiger partial charge in [-0.05, 0) is 25.5 Å². The lowest BCUT2D eigenvalue weighted by molar-refractivity contribution is 0.696. The van der Waals surface area contributed by atoms with Gasteiger partial charge in [0.05, 0.1) is 6.54 Å². The average molecular weight is 270 g/mol. The van der Waals surface area contributed by atoms with Crippen LogP contribution in [0.3, 0.4) is 0 Å². The van der Waals surface area contributed by atoms with Crippen LogP contribution in [0.4, 0.5) is 11.5 Å². The predicted octanol–water partition coefficient (Wildman–Crippen LogP) is 3.17. The Bertz CT molecular complexity index is 519. The highest BCUT2D eigenvalue weighted by molar-refractivity contribution is 5.46. The van der Waals surface area contributed by atoms with E-state index in [-0.39, 0.29) is 0 Å². The summed E-state index contributed by atoms with van der Waals surface area (Å²) in [6.07, 6.45) is 2.32. The van der Waals surface area contributed by atoms with Crippen LogP contribution in [0.15, 0.2) is 36.4 Å². The molecule has 4 heteroatoms. The third kappa shape index (κ3) is 3.95. The molecular weight excluding hydrogens is 248 g/mol. The molecule has 0 unspecified atom stereocenters. The summed E-state index contributed by atoms with van der Waals surface area (Å²) in [5.74, 6) is 1.32. The van der Waals surface area contributed by atoms with E-state index >= 15 is 0 Å². The van der Waals surface area contributed by atoms with Crippen molar-refractivity contribution in [3.63, 3.8) is 0 Å². The number of anilines is 2. The first kappa shape index (κ1) is 14.3. The number of nitrogen functional groups attached to an aromatic ring is 1. The van der Waals surface area contributed by atoms with E-state index < -0.39 is 0 Å². The van der Waals surface area contributed by atoms with Crippen molar-refractivity contribution in [2.75, 3.05) is 17.2 Å². The minimum atomic E-state index is 0.538. The van der Waals surface area contributed by atoms with Crippen molar-refractivity contribution < 1.29 is 0 Å². The highest BCUT2D eigenvalue weighted by Crippen LogP contribution is 2.17. The van der Waals surface area contributed by atoms with E-state index in [0.717, 1.165) is 24.5 Å². The maximum atomic E-state index is 5.80. The quantitative estimate of drug-likeness (QED) is 0.876. The van der Waals surface area contributed by atoms with Crippen molar-refractivity contribution in [3.8, 4) is 0 Å². The van der Waals surface area contributed by atoms with Crippen molar-refractivity contribution in [2.24, 2.45) is 0 Å². The third-order valence-electron chi connectivity index (χ3n) is 3.16. The van der Waals surface area contributed by atoms with Crippen molar-refractivity contribution in [1.82, 2.24) is 9.97 Å². The van der Waals surface area contributed by atoms with Crippen LogP contribution in [-0.4, -0.2) is 16.5 Å². The fraction of sp³-hybridized carbons (Fsp3) is 0.375. The number of aryl methyl sites for hydroxylation is 1. The third-order valence-corrected chi connectivity index (χ3v) is 3.16. The van der Waals surface area contributed by atoms with Crippen molar-refractivity contribution in [2.45, 2.75) is 33.2 Å². The molecule has 0 bridgehead atoms. The topological polar surface area (TPSA) is 55.0 Å². The number of nitrogens with two attached hydrogens (primary N) is 1. The molecule has 2 aromatic rings. The molecule has 1 aromatic carbocycles. The van der Waals surface area contributed by atoms with E-state index in [1.54, 1.807) is 6.07 Å². The van der Waals surface area contributed by atoms with Gasteiger partial charge in [-0.3, -0.25) is 0 Å². The molecule has 0 spiro atoms. The predicted molar refractivity (Wildman–Crippen MR) is 83.6 cm³/mol. The molecule has 0 saturated heterocycles. The Kier molecular flexibility index (Phi) is 4.93. The molecule has 0 atom stereocenters. The Morgan fingerprint density at radius 2 is 1.90 bits per heavy atom. The number of benzene rings is 1. The Labute approximate surface area is 120 Å². The molecule has 0 saturated carbocycles. The Hall–Kier alpha value is -2.10. The minimum Gasteiger partial charge on any atom is -0.384 e. The van der Waals surface area contributed by atoms with Gasteiger partial charge < -0.3 is 10.6 Å². The molecule has 2 rings (SSSR count). The normalized spacial score (nSPS) is 10.5. The average Bonchev–Trinajstić information content (AvgIpc) is 2.43. The first-order valence-corrected chi connectivity index (χ1v) is 7.09. The minimum absolute atomic E-state index is 0.538. The number of hydrogen-bond acceptors (Lipinski definition) is 4. The molecule has 0 aliphatic rings. The van der Waals surface area contributed by atoms with E-state index in [0.29, 0.717) is 12.4 Å². The summed E-state index contributed by atoms with van der Waals surface area (Å²) in [5, 5.41) is 0. The van der Waals surface area contributed by atoms with E-state index in [2.05, 4.69) is 46.1 Å². The van der Waals surface area contributed by atoms with Crippen LogP contribution in [0.1, 0.15) is 31.3 Å². The second kappa shape index (κ2) is 6.89. The molecule has 0 aliphatic carbocycles. The smallest absolute Gasteiger partial charge is 0.150 e. The van der Waals surface area contributed by atoms with Crippen LogP contribution < -0.4 is 10.6 Å². The van der Waals surface area contributed by atoms with Gasteiger partial charge in [0, 0.05) is 24.0 Å². The van der Waals surface area contributed by atoms with Crippen LogP contribution in [0.5, 0.6) is 0 Å². The SMILES string of the molecule is CCCCN(Cc1nc(C)cc(N)n1)c1ccccc1. The van der Waals surface area contributed by atoms with Gasteiger partial charge in [-0.25, -0.2) is 9.97 Å². The highest BCUT2D eigenvalue weighted by Gasteiger charge is 2.09. The fourth-order valence-corrected chi connectivity index (χ4v) is 2.18. The second-order valence-electron chi connectivity index (χ2n) is 4.96. The highest BCUT2D eigenvalue weighted by atomic mass is 15.2. The summed E-state index contributed by atoms with van der Waals surface area (Å²) >= 11 is 0. The van der Waals surface area contributed by atoms with Crippen LogP contribution in [0.25, 0.3) is 0 Å². The molecule has 4 nitrogen and oxygen atoms in total. The summed E-state index contributed by atoms with van der Waals surface area (Å²) in [6, 6.07) is 12.2. The van der Waals surface area contributed by atoms with Gasteiger partial charge in [0.2, 0.25) is 0 Å². The zero-order valence-electron chi connectivity index (χ0n) is 12.2. The van der Waals surface area contributed by atoms with Gasteiger partial charge in [-0.15, -0.1) is 0 Å². The van der Waals surface area contributed by atoms with Crippen LogP contribution >= 0.6 is 0 Å². The molecule has 0 fully saturated rings. The maximum Gasteiger partial charge on any atom is 0.150 e. The monoisotopic (exact) mass is 270 g/mol. The van der Waals surface area contributed by atoms with E-state index in [1.165, 1.54) is 12.1 Å². The number of para-hydroxylation sites is 1. The summed E-state index contributed by atoms with van der Waals surface area (Å²) < 4.78 is 0. The lowest BCUT2D eigenvalue weighted by atomic mass is 10.2. The van der Waals surface area contributed by atoms with Gasteiger partial charge in [0.15, 0.2) is 0 Å². The number of nitrogens with zero attached hydrogens (tertiary/aromatic N) is 3. The zero-order valence-corrected chi connectivity index (χ0v) is 12.2. The molecule has 106 valence electrons. The van der Waals surface area contributed by atoms with Crippen LogP contribution in [0, 0.1) is 6.92 Å². The molecule has 0 amide bonds. The van der Waals surface area contributed by atoms with Gasteiger partial charge >= 0.3 is 0 Å². The molecular formula is C16H22N4. The van der Waals surface area contributed by atoms with E-state index in [9.17, 15) is 0 Å². The summed E-state index contributed by atoms with van der Waals surface area (Å²) in [7, 11) is 0. The molecule has 1 heterocycles. The van der Waals surface area contributed by atoms with Crippen LogP contribution in [-0.2, 0) is 6.54 Å². The second-order valence-corrected chi connectivity index (χ2v) is 4.96. The molecule has 20 heavy (non-hydrogen) atoms. The Balaban J connectivity index is 2.19. The van der Waals surface area contributed by atoms with Gasteiger partial charge in [0.25, 0.3) is 0 Å². The largest absolute Gasteiger partial charge is 0.384 e. The lowest BCUT2D eigenvalue weighted by Crippen LogP contribution is -2.25. The van der Waals surface area contributed by atoms with Gasteiger partial charge in [-0.2, -0.15) is 0 Å². The number of aromatic nitrogens is 2. The van der Waals surface area contributed by atoms with Crippen molar-refractivity contribution in [1.29, 1.82) is 0 Å². The van der Waals surface area contributed by atoms with E-state index in [4.69, 9.17) is 5.73 Å². The molecule has 1 aromatic heterocycles. The number of unbranched alkanes of at least 4 members (excludes halogenated alkanes) is 1. The zero-order chi connectivity index (χ0) is 14.4. The standard InChI is InChI=1S/C16H22N4/c1-3-4-10-20(14-8-6-5-7-9-14)12-16-18-13(2)11-15(17)19-16/h5-9,11H,3-4,10,12H2,1-2H3,(H2,17,18,19). The number of rotatable bonds is 6. The van der Waals surface area contributed by atoms with E-state index in [1.807, 2.05) is 13.0 Å². The summed E-state index contributed by atoms with van der Waals surface area (Å²) in [4.78, 5) is 11.1. The fourth-order valence-electron chi connectivity index (χ4n) is 2.18. The van der Waals surface area contributed by atoms with Crippen molar-refractivity contribution >= 4 is 11.5 Å². The lowest BCUT2D eigenvalue weighted by Gasteiger charge is -2.24. The molecule has 0 radical (unpaired) electrons. The number of hydrogen-bond donors (Lipinski definition) is 1. The van der Waals surface area contributed by atoms with Gasteiger partial charge in [-0.1, -0.05) is 31.5 Å². The molecule has 0 aliphatic heterocycles.